The first-order valence-corrected chi connectivity index (χ1v) is 9.35. The lowest BCUT2D eigenvalue weighted by Crippen LogP contribution is -2.47. The van der Waals surface area contributed by atoms with E-state index in [0.29, 0.717) is 6.42 Å². The van der Waals surface area contributed by atoms with Gasteiger partial charge in [0.25, 0.3) is 0 Å². The fourth-order valence-corrected chi connectivity index (χ4v) is 3.41. The maximum atomic E-state index is 9.26. The van der Waals surface area contributed by atoms with Gasteiger partial charge in [0.15, 0.2) is 0 Å². The van der Waals surface area contributed by atoms with Gasteiger partial charge in [-0.2, -0.15) is 0 Å². The van der Waals surface area contributed by atoms with Crippen molar-refractivity contribution in [2.45, 2.75) is 28.2 Å². The lowest BCUT2D eigenvalue weighted by molar-refractivity contribution is 0.115. The molecule has 0 aliphatic heterocycles. The zero-order valence-electron chi connectivity index (χ0n) is 14.5. The van der Waals surface area contributed by atoms with Gasteiger partial charge < -0.3 is 20.4 Å². The molecule has 0 unspecified atom stereocenters. The standard InChI is InChI=1S/C21H23NO3S/c22-21(14-23,15-24)12-11-16-3-7-18(8-4-16)26-19-9-5-17(6-10-19)20-2-1-13-25-20/h1-10,13,23-24H,11-12,14-15,22H2. The number of benzene rings is 2. The number of aryl methyl sites for hydroxylation is 1. The minimum Gasteiger partial charge on any atom is -0.464 e. The fourth-order valence-electron chi connectivity index (χ4n) is 2.59. The second-order valence-corrected chi connectivity index (χ2v) is 7.57. The van der Waals surface area contributed by atoms with Crippen molar-refractivity contribution in [2.24, 2.45) is 5.73 Å². The van der Waals surface area contributed by atoms with E-state index in [9.17, 15) is 10.2 Å². The fraction of sp³-hybridized carbons (Fsp3) is 0.238. The molecule has 0 amide bonds. The summed E-state index contributed by atoms with van der Waals surface area (Å²) < 4.78 is 5.41. The van der Waals surface area contributed by atoms with Crippen LogP contribution >= 0.6 is 11.8 Å². The van der Waals surface area contributed by atoms with Crippen LogP contribution in [-0.4, -0.2) is 29.0 Å². The molecule has 3 aromatic rings. The summed E-state index contributed by atoms with van der Waals surface area (Å²) in [5.74, 6) is 0.868. The molecule has 5 heteroatoms. The molecule has 0 fully saturated rings. The Morgan fingerprint density at radius 2 is 1.50 bits per heavy atom. The maximum Gasteiger partial charge on any atom is 0.133 e. The summed E-state index contributed by atoms with van der Waals surface area (Å²) in [5.41, 5.74) is 7.20. The van der Waals surface area contributed by atoms with E-state index >= 15 is 0 Å². The molecule has 3 rings (SSSR count). The average molecular weight is 369 g/mol. The third-order valence-corrected chi connectivity index (χ3v) is 5.38. The van der Waals surface area contributed by atoms with Gasteiger partial charge in [0.1, 0.15) is 5.76 Å². The Balaban J connectivity index is 1.59. The van der Waals surface area contributed by atoms with E-state index in [1.54, 1.807) is 18.0 Å². The van der Waals surface area contributed by atoms with Crippen LogP contribution in [0.3, 0.4) is 0 Å². The summed E-state index contributed by atoms with van der Waals surface area (Å²) in [5, 5.41) is 18.5. The van der Waals surface area contributed by atoms with Gasteiger partial charge in [-0.3, -0.25) is 0 Å². The van der Waals surface area contributed by atoms with Gasteiger partial charge in [0, 0.05) is 15.4 Å². The van der Waals surface area contributed by atoms with Crippen LogP contribution in [0.15, 0.2) is 81.1 Å². The monoisotopic (exact) mass is 369 g/mol. The molecule has 0 spiro atoms. The molecule has 0 atom stereocenters. The van der Waals surface area contributed by atoms with E-state index in [0.717, 1.165) is 33.1 Å². The highest BCUT2D eigenvalue weighted by molar-refractivity contribution is 7.99. The van der Waals surface area contributed by atoms with Gasteiger partial charge in [-0.1, -0.05) is 36.0 Å². The molecule has 0 saturated heterocycles. The zero-order valence-corrected chi connectivity index (χ0v) is 15.3. The average Bonchev–Trinajstić information content (AvgIpc) is 3.23. The Morgan fingerprint density at radius 3 is 2.04 bits per heavy atom. The van der Waals surface area contributed by atoms with Crippen molar-refractivity contribution in [2.75, 3.05) is 13.2 Å². The normalized spacial score (nSPS) is 11.7. The zero-order chi connectivity index (χ0) is 18.4. The van der Waals surface area contributed by atoms with Crippen LogP contribution in [0.25, 0.3) is 11.3 Å². The second-order valence-electron chi connectivity index (χ2n) is 6.43. The van der Waals surface area contributed by atoms with Gasteiger partial charge in [0.2, 0.25) is 0 Å². The molecule has 4 N–H and O–H groups in total. The lowest BCUT2D eigenvalue weighted by atomic mass is 9.94. The van der Waals surface area contributed by atoms with Crippen LogP contribution in [-0.2, 0) is 6.42 Å². The van der Waals surface area contributed by atoms with Crippen LogP contribution in [0.4, 0.5) is 0 Å². The first-order chi connectivity index (χ1) is 12.6. The number of hydrogen-bond donors (Lipinski definition) is 3. The van der Waals surface area contributed by atoms with E-state index < -0.39 is 5.54 Å². The lowest BCUT2D eigenvalue weighted by Gasteiger charge is -2.24. The Labute approximate surface area is 157 Å². The van der Waals surface area contributed by atoms with Crippen LogP contribution in [0, 0.1) is 0 Å². The largest absolute Gasteiger partial charge is 0.464 e. The van der Waals surface area contributed by atoms with E-state index in [2.05, 4.69) is 48.5 Å². The van der Waals surface area contributed by atoms with Crippen LogP contribution in [0.5, 0.6) is 0 Å². The summed E-state index contributed by atoms with van der Waals surface area (Å²) in [4.78, 5) is 2.32. The molecule has 4 nitrogen and oxygen atoms in total. The van der Waals surface area contributed by atoms with E-state index in [4.69, 9.17) is 10.2 Å². The highest BCUT2D eigenvalue weighted by Gasteiger charge is 2.22. The molecule has 1 heterocycles. The summed E-state index contributed by atoms with van der Waals surface area (Å²) in [6.07, 6.45) is 2.94. The molecule has 2 aromatic carbocycles. The van der Waals surface area contributed by atoms with Crippen molar-refractivity contribution < 1.29 is 14.6 Å². The van der Waals surface area contributed by atoms with E-state index in [1.165, 1.54) is 0 Å². The first kappa shape index (κ1) is 18.7. The molecule has 136 valence electrons. The van der Waals surface area contributed by atoms with Gasteiger partial charge in [-0.05, 0) is 54.8 Å². The summed E-state index contributed by atoms with van der Waals surface area (Å²) in [6.45, 7) is -0.434. The Hall–Kier alpha value is -2.05. The minimum atomic E-state index is -0.914. The number of aliphatic hydroxyl groups is 2. The Bertz CT molecular complexity index is 794. The SMILES string of the molecule is NC(CO)(CO)CCc1ccc(Sc2ccc(-c3ccco3)cc2)cc1. The Morgan fingerprint density at radius 1 is 0.885 bits per heavy atom. The molecule has 1 aromatic heterocycles. The number of hydrogen-bond acceptors (Lipinski definition) is 5. The van der Waals surface area contributed by atoms with Gasteiger partial charge >= 0.3 is 0 Å². The number of nitrogens with two attached hydrogens (primary N) is 1. The molecular weight excluding hydrogens is 346 g/mol. The quantitative estimate of drug-likeness (QED) is 0.564. The molecule has 0 aliphatic carbocycles. The van der Waals surface area contributed by atoms with E-state index in [-0.39, 0.29) is 13.2 Å². The third kappa shape index (κ3) is 4.77. The van der Waals surface area contributed by atoms with Crippen LogP contribution in [0.1, 0.15) is 12.0 Å². The molecular formula is C21H23NO3S. The van der Waals surface area contributed by atoms with Crippen molar-refractivity contribution in [3.05, 3.63) is 72.5 Å². The van der Waals surface area contributed by atoms with Crippen molar-refractivity contribution in [3.63, 3.8) is 0 Å². The molecule has 26 heavy (non-hydrogen) atoms. The first-order valence-electron chi connectivity index (χ1n) is 8.53. The van der Waals surface area contributed by atoms with E-state index in [1.807, 2.05) is 12.1 Å². The van der Waals surface area contributed by atoms with Gasteiger partial charge in [-0.15, -0.1) is 0 Å². The maximum absolute atomic E-state index is 9.26. The predicted octanol–water partition coefficient (Wildman–Crippen LogP) is 3.71. The smallest absolute Gasteiger partial charge is 0.133 e. The molecule has 0 radical (unpaired) electrons. The highest BCUT2D eigenvalue weighted by Crippen LogP contribution is 2.30. The Kier molecular flexibility index (Phi) is 6.16. The summed E-state index contributed by atoms with van der Waals surface area (Å²) in [7, 11) is 0. The molecule has 0 saturated carbocycles. The third-order valence-electron chi connectivity index (χ3n) is 4.36. The van der Waals surface area contributed by atoms with Crippen molar-refractivity contribution in [1.29, 1.82) is 0 Å². The number of furan rings is 1. The topological polar surface area (TPSA) is 79.6 Å². The highest BCUT2D eigenvalue weighted by atomic mass is 32.2. The van der Waals surface area contributed by atoms with Crippen LogP contribution < -0.4 is 5.73 Å². The summed E-state index contributed by atoms with van der Waals surface area (Å²) >= 11 is 1.70. The van der Waals surface area contributed by atoms with Crippen molar-refractivity contribution in [3.8, 4) is 11.3 Å². The number of aliphatic hydroxyl groups excluding tert-OH is 2. The van der Waals surface area contributed by atoms with Gasteiger partial charge in [0.05, 0.1) is 25.0 Å². The predicted molar refractivity (Wildman–Crippen MR) is 104 cm³/mol. The molecule has 0 aliphatic rings. The second kappa shape index (κ2) is 8.56. The minimum absolute atomic E-state index is 0.217. The van der Waals surface area contributed by atoms with Crippen molar-refractivity contribution >= 4 is 11.8 Å². The number of rotatable bonds is 8. The summed E-state index contributed by atoms with van der Waals surface area (Å²) in [6, 6.07) is 20.4. The van der Waals surface area contributed by atoms with Crippen LogP contribution in [0.2, 0.25) is 0 Å². The van der Waals surface area contributed by atoms with Gasteiger partial charge in [-0.25, -0.2) is 0 Å². The molecule has 0 bridgehead atoms. The van der Waals surface area contributed by atoms with Crippen molar-refractivity contribution in [1.82, 2.24) is 0 Å².